The Morgan fingerprint density at radius 2 is 1.97 bits per heavy atom. The number of benzene rings is 1. The molecule has 2 aromatic heterocycles. The molecular weight excluding hydrogens is 390 g/mol. The lowest BCUT2D eigenvalue weighted by Crippen LogP contribution is -2.45. The topological polar surface area (TPSA) is 91.0 Å². The van der Waals surface area contributed by atoms with Crippen molar-refractivity contribution >= 4 is 40.2 Å². The molecule has 1 amide bonds. The van der Waals surface area contributed by atoms with Crippen LogP contribution < -0.4 is 15.8 Å². The molecule has 0 saturated heterocycles. The Balaban J connectivity index is 1.93. The third kappa shape index (κ3) is 4.56. The number of aromatic nitrogens is 3. The monoisotopic (exact) mass is 413 g/mol. The first kappa shape index (κ1) is 20.8. The van der Waals surface area contributed by atoms with Gasteiger partial charge in [-0.15, -0.1) is 0 Å². The van der Waals surface area contributed by atoms with Crippen LogP contribution in [-0.4, -0.2) is 26.4 Å². The number of anilines is 2. The highest BCUT2D eigenvalue weighted by Crippen LogP contribution is 2.24. The molecule has 1 aromatic carbocycles. The number of hydrogen-bond acceptors (Lipinski definition) is 5. The van der Waals surface area contributed by atoms with Gasteiger partial charge in [0.15, 0.2) is 0 Å². The Labute approximate surface area is 174 Å². The maximum absolute atomic E-state index is 12.5. The fourth-order valence-electron chi connectivity index (χ4n) is 3.31. The predicted molar refractivity (Wildman–Crippen MR) is 117 cm³/mol. The molecule has 0 saturated carbocycles. The molecule has 1 atom stereocenters. The van der Waals surface area contributed by atoms with Crippen LogP contribution in [0.25, 0.3) is 10.9 Å². The van der Waals surface area contributed by atoms with Gasteiger partial charge in [0.1, 0.15) is 5.82 Å². The van der Waals surface area contributed by atoms with Gasteiger partial charge in [0.2, 0.25) is 11.9 Å². The first-order valence-electron chi connectivity index (χ1n) is 9.29. The van der Waals surface area contributed by atoms with E-state index in [4.69, 9.17) is 11.6 Å². The van der Waals surface area contributed by atoms with Gasteiger partial charge in [-0.1, -0.05) is 11.6 Å². The minimum atomic E-state index is -0.433. The highest BCUT2D eigenvalue weighted by molar-refractivity contribution is 6.31. The molecular formula is C21H24ClN5O2. The van der Waals surface area contributed by atoms with Crippen molar-refractivity contribution in [2.24, 2.45) is 0 Å². The van der Waals surface area contributed by atoms with Gasteiger partial charge < -0.3 is 10.3 Å². The number of aromatic amines is 1. The Morgan fingerprint density at radius 3 is 2.62 bits per heavy atom. The fourth-order valence-corrected chi connectivity index (χ4v) is 3.49. The minimum absolute atomic E-state index is 0.113. The van der Waals surface area contributed by atoms with E-state index in [0.717, 1.165) is 10.9 Å². The summed E-state index contributed by atoms with van der Waals surface area (Å²) in [5.74, 6) is 0.711. The van der Waals surface area contributed by atoms with Crippen molar-refractivity contribution < 1.29 is 4.79 Å². The standard InChI is InChI=1S/C21H24ClN5O2/c1-12(16-11-14-10-15(22)6-7-17(14)25-19(16)29)24-20-23-9-8-18(26-20)27(13(2)28)21(3,4)5/h6-12H,1-5H3,(H,25,29)(H,23,24,26)/t12-/m0/s1. The lowest BCUT2D eigenvalue weighted by Gasteiger charge is -2.34. The average molecular weight is 414 g/mol. The molecule has 3 aromatic rings. The molecule has 7 nitrogen and oxygen atoms in total. The van der Waals surface area contributed by atoms with Gasteiger partial charge in [-0.2, -0.15) is 4.98 Å². The summed E-state index contributed by atoms with van der Waals surface area (Å²) in [6, 6.07) is 8.44. The number of nitrogens with one attached hydrogen (secondary N) is 2. The molecule has 29 heavy (non-hydrogen) atoms. The zero-order valence-electron chi connectivity index (χ0n) is 17.1. The summed E-state index contributed by atoms with van der Waals surface area (Å²) in [6.07, 6.45) is 1.59. The Morgan fingerprint density at radius 1 is 1.24 bits per heavy atom. The molecule has 8 heteroatoms. The van der Waals surface area contributed by atoms with E-state index >= 15 is 0 Å². The molecule has 0 unspecified atom stereocenters. The third-order valence-electron chi connectivity index (χ3n) is 4.50. The van der Waals surface area contributed by atoms with Crippen LogP contribution in [0.3, 0.4) is 0 Å². The van der Waals surface area contributed by atoms with Gasteiger partial charge in [-0.05, 0) is 58.0 Å². The van der Waals surface area contributed by atoms with Crippen LogP contribution >= 0.6 is 11.6 Å². The number of nitrogens with zero attached hydrogens (tertiary/aromatic N) is 3. The van der Waals surface area contributed by atoms with E-state index in [1.807, 2.05) is 27.7 Å². The quantitative estimate of drug-likeness (QED) is 0.665. The van der Waals surface area contributed by atoms with Gasteiger partial charge >= 0.3 is 0 Å². The van der Waals surface area contributed by atoms with E-state index in [0.29, 0.717) is 22.4 Å². The van der Waals surface area contributed by atoms with Gasteiger partial charge in [-0.3, -0.25) is 14.5 Å². The highest BCUT2D eigenvalue weighted by atomic mass is 35.5. The number of carbonyl (C=O) groups is 1. The molecule has 0 spiro atoms. The summed E-state index contributed by atoms with van der Waals surface area (Å²) in [4.78, 5) is 37.9. The lowest BCUT2D eigenvalue weighted by atomic mass is 10.1. The van der Waals surface area contributed by atoms with E-state index in [1.54, 1.807) is 41.4 Å². The van der Waals surface area contributed by atoms with E-state index in [9.17, 15) is 9.59 Å². The zero-order valence-corrected chi connectivity index (χ0v) is 17.8. The van der Waals surface area contributed by atoms with Crippen LogP contribution in [0.15, 0.2) is 41.3 Å². The van der Waals surface area contributed by atoms with E-state index in [-0.39, 0.29) is 17.5 Å². The number of fused-ring (bicyclic) bond motifs is 1. The molecule has 0 radical (unpaired) electrons. The van der Waals surface area contributed by atoms with Crippen LogP contribution in [0, 0.1) is 0 Å². The highest BCUT2D eigenvalue weighted by Gasteiger charge is 2.27. The first-order chi connectivity index (χ1) is 13.6. The number of hydrogen-bond donors (Lipinski definition) is 2. The Hall–Kier alpha value is -2.93. The van der Waals surface area contributed by atoms with E-state index in [2.05, 4.69) is 20.3 Å². The predicted octanol–water partition coefficient (Wildman–Crippen LogP) is 4.30. The molecule has 0 fully saturated rings. The summed E-state index contributed by atoms with van der Waals surface area (Å²) in [5, 5.41) is 4.59. The van der Waals surface area contributed by atoms with Crippen molar-refractivity contribution in [1.82, 2.24) is 15.0 Å². The minimum Gasteiger partial charge on any atom is -0.347 e. The smallest absolute Gasteiger partial charge is 0.253 e. The van der Waals surface area contributed by atoms with Crippen molar-refractivity contribution in [3.05, 3.63) is 57.5 Å². The largest absolute Gasteiger partial charge is 0.347 e. The summed E-state index contributed by atoms with van der Waals surface area (Å²) in [5.41, 5.74) is 0.623. The van der Waals surface area contributed by atoms with Crippen LogP contribution in [0.1, 0.15) is 46.2 Å². The number of halogens is 1. The summed E-state index contributed by atoms with van der Waals surface area (Å²) in [7, 11) is 0. The maximum Gasteiger partial charge on any atom is 0.253 e. The summed E-state index contributed by atoms with van der Waals surface area (Å²) < 4.78 is 0. The second kappa shape index (κ2) is 7.83. The van der Waals surface area contributed by atoms with Gasteiger partial charge in [-0.25, -0.2) is 4.98 Å². The van der Waals surface area contributed by atoms with Crippen LogP contribution in [0.2, 0.25) is 5.02 Å². The lowest BCUT2D eigenvalue weighted by molar-refractivity contribution is -0.117. The van der Waals surface area contributed by atoms with Crippen LogP contribution in [-0.2, 0) is 4.79 Å². The molecule has 0 aliphatic rings. The normalized spacial score (nSPS) is 12.6. The summed E-state index contributed by atoms with van der Waals surface area (Å²) >= 11 is 6.07. The number of H-pyrrole nitrogens is 1. The molecule has 152 valence electrons. The molecule has 2 heterocycles. The number of carbonyl (C=O) groups excluding carboxylic acids is 1. The van der Waals surface area contributed by atoms with Gasteiger partial charge in [0.05, 0.1) is 6.04 Å². The maximum atomic E-state index is 12.5. The van der Waals surface area contributed by atoms with Crippen molar-refractivity contribution in [2.75, 3.05) is 10.2 Å². The van der Waals surface area contributed by atoms with E-state index in [1.165, 1.54) is 6.92 Å². The van der Waals surface area contributed by atoms with Crippen LogP contribution in [0.5, 0.6) is 0 Å². The SMILES string of the molecule is CC(=O)N(c1ccnc(N[C@@H](C)c2cc3cc(Cl)ccc3[nH]c2=O)n1)C(C)(C)C. The number of rotatable bonds is 4. The molecule has 3 rings (SSSR count). The molecule has 0 aliphatic carbocycles. The second-order valence-corrected chi connectivity index (χ2v) is 8.35. The molecule has 2 N–H and O–H groups in total. The Bertz CT molecular complexity index is 1120. The number of pyridine rings is 1. The van der Waals surface area contributed by atoms with Gasteiger partial charge in [0.25, 0.3) is 5.56 Å². The van der Waals surface area contributed by atoms with Crippen molar-refractivity contribution in [1.29, 1.82) is 0 Å². The third-order valence-corrected chi connectivity index (χ3v) is 4.74. The van der Waals surface area contributed by atoms with Crippen molar-refractivity contribution in [3.63, 3.8) is 0 Å². The second-order valence-electron chi connectivity index (χ2n) is 7.92. The van der Waals surface area contributed by atoms with Crippen LogP contribution in [0.4, 0.5) is 11.8 Å². The fraction of sp³-hybridized carbons (Fsp3) is 0.333. The average Bonchev–Trinajstić information content (AvgIpc) is 2.60. The van der Waals surface area contributed by atoms with Gasteiger partial charge in [0, 0.05) is 40.1 Å². The Kier molecular flexibility index (Phi) is 5.61. The molecule has 0 aliphatic heterocycles. The number of amides is 1. The zero-order chi connectivity index (χ0) is 21.3. The van der Waals surface area contributed by atoms with Crippen molar-refractivity contribution in [3.8, 4) is 0 Å². The summed E-state index contributed by atoms with van der Waals surface area (Å²) in [6.45, 7) is 9.16. The first-order valence-corrected chi connectivity index (χ1v) is 9.67. The molecule has 0 bridgehead atoms. The van der Waals surface area contributed by atoms with Crippen molar-refractivity contribution in [2.45, 2.75) is 46.2 Å². The van der Waals surface area contributed by atoms with E-state index < -0.39 is 5.54 Å².